The molecule has 2 aromatic carbocycles. The van der Waals surface area contributed by atoms with Gasteiger partial charge < -0.3 is 9.64 Å². The second-order valence-electron chi connectivity index (χ2n) is 8.11. The van der Waals surface area contributed by atoms with Crippen LogP contribution < -0.4 is 0 Å². The Hall–Kier alpha value is -2.23. The van der Waals surface area contributed by atoms with Crippen molar-refractivity contribution in [3.8, 4) is 0 Å². The summed E-state index contributed by atoms with van der Waals surface area (Å²) in [5.41, 5.74) is 2.10. The number of ether oxygens (including phenoxy) is 1. The molecule has 0 unspecified atom stereocenters. The molecule has 0 bridgehead atoms. The molecule has 1 aromatic heterocycles. The lowest BCUT2D eigenvalue weighted by molar-refractivity contribution is -0.132. The molecule has 0 atom stereocenters. The Kier molecular flexibility index (Phi) is 10.3. The Bertz CT molecular complexity index is 1180. The van der Waals surface area contributed by atoms with E-state index in [0.717, 1.165) is 16.0 Å². The molecular formula is C26H31ClN2O4S2. The summed E-state index contributed by atoms with van der Waals surface area (Å²) < 4.78 is 33.6. The molecule has 0 saturated carbocycles. The van der Waals surface area contributed by atoms with Crippen molar-refractivity contribution < 1.29 is 17.9 Å². The van der Waals surface area contributed by atoms with Gasteiger partial charge in [0.25, 0.3) is 0 Å². The normalized spacial score (nSPS) is 11.7. The highest BCUT2D eigenvalue weighted by Crippen LogP contribution is 2.22. The van der Waals surface area contributed by atoms with Crippen LogP contribution in [0, 0.1) is 6.92 Å². The van der Waals surface area contributed by atoms with E-state index < -0.39 is 10.0 Å². The molecule has 0 aliphatic carbocycles. The highest BCUT2D eigenvalue weighted by Gasteiger charge is 2.28. The van der Waals surface area contributed by atoms with Gasteiger partial charge in [0.1, 0.15) is 0 Å². The van der Waals surface area contributed by atoms with Crippen molar-refractivity contribution in [2.75, 3.05) is 26.3 Å². The van der Waals surface area contributed by atoms with Gasteiger partial charge in [0.05, 0.1) is 18.0 Å². The van der Waals surface area contributed by atoms with Crippen molar-refractivity contribution in [2.24, 2.45) is 0 Å². The van der Waals surface area contributed by atoms with Gasteiger partial charge in [-0.05, 0) is 67.1 Å². The van der Waals surface area contributed by atoms with E-state index in [1.54, 1.807) is 16.2 Å². The molecule has 3 aromatic rings. The van der Waals surface area contributed by atoms with Crippen molar-refractivity contribution in [2.45, 2.75) is 38.3 Å². The van der Waals surface area contributed by atoms with Crippen LogP contribution in [0.15, 0.2) is 70.9 Å². The Morgan fingerprint density at radius 3 is 2.37 bits per heavy atom. The van der Waals surface area contributed by atoms with Crippen LogP contribution in [0.4, 0.5) is 0 Å². The second-order valence-corrected chi connectivity index (χ2v) is 11.5. The van der Waals surface area contributed by atoms with E-state index in [2.05, 4.69) is 0 Å². The molecule has 0 N–H and O–H groups in total. The fourth-order valence-electron chi connectivity index (χ4n) is 3.55. The standard InChI is InChI=1S/C26H31ClN2O4S2/c1-3-33-16-7-15-29(35(31,32)24-12-10-23(27)11-13-24)20-26(30)28(18-22-8-5-4-6-9-22)19-25-21(2)14-17-34-25/h4-6,8-14,17H,3,7,15-16,18-20H2,1-2H3. The predicted octanol–water partition coefficient (Wildman–Crippen LogP) is 5.36. The summed E-state index contributed by atoms with van der Waals surface area (Å²) >= 11 is 7.55. The average Bonchev–Trinajstić information content (AvgIpc) is 3.25. The van der Waals surface area contributed by atoms with Gasteiger partial charge in [0, 0.05) is 36.2 Å². The van der Waals surface area contributed by atoms with Crippen LogP contribution >= 0.6 is 22.9 Å². The van der Waals surface area contributed by atoms with Gasteiger partial charge in [-0.1, -0.05) is 41.9 Å². The fraction of sp³-hybridized carbons (Fsp3) is 0.346. The molecule has 0 aliphatic rings. The minimum absolute atomic E-state index is 0.106. The van der Waals surface area contributed by atoms with Crippen LogP contribution in [0.25, 0.3) is 0 Å². The van der Waals surface area contributed by atoms with Crippen molar-refractivity contribution in [1.29, 1.82) is 0 Å². The quantitative estimate of drug-likeness (QED) is 0.277. The first-order chi connectivity index (χ1) is 16.8. The van der Waals surface area contributed by atoms with Crippen molar-refractivity contribution in [1.82, 2.24) is 9.21 Å². The molecule has 1 amide bonds. The lowest BCUT2D eigenvalue weighted by Gasteiger charge is -2.27. The zero-order valence-electron chi connectivity index (χ0n) is 20.0. The summed E-state index contributed by atoms with van der Waals surface area (Å²) in [5.74, 6) is -0.254. The summed E-state index contributed by atoms with van der Waals surface area (Å²) in [6.45, 7) is 5.60. The maximum absolute atomic E-state index is 13.6. The monoisotopic (exact) mass is 534 g/mol. The number of carbonyl (C=O) groups is 1. The summed E-state index contributed by atoms with van der Waals surface area (Å²) in [4.78, 5) is 16.5. The third-order valence-electron chi connectivity index (χ3n) is 5.53. The Morgan fingerprint density at radius 1 is 1.03 bits per heavy atom. The SMILES string of the molecule is CCOCCCN(CC(=O)N(Cc1ccccc1)Cc1sccc1C)S(=O)(=O)c1ccc(Cl)cc1. The molecule has 0 spiro atoms. The van der Waals surface area contributed by atoms with Gasteiger partial charge in [-0.2, -0.15) is 4.31 Å². The number of hydrogen-bond donors (Lipinski definition) is 0. The van der Waals surface area contributed by atoms with E-state index in [1.165, 1.54) is 28.6 Å². The minimum Gasteiger partial charge on any atom is -0.382 e. The van der Waals surface area contributed by atoms with Crippen LogP contribution in [0.5, 0.6) is 0 Å². The fourth-order valence-corrected chi connectivity index (χ4v) is 6.03. The number of sulfonamides is 1. The summed E-state index contributed by atoms with van der Waals surface area (Å²) in [5, 5.41) is 2.45. The first kappa shape index (κ1) is 27.4. The third kappa shape index (κ3) is 7.88. The van der Waals surface area contributed by atoms with Gasteiger partial charge >= 0.3 is 0 Å². The molecular weight excluding hydrogens is 504 g/mol. The molecule has 1 heterocycles. The van der Waals surface area contributed by atoms with Gasteiger partial charge in [0.2, 0.25) is 15.9 Å². The molecule has 0 aliphatic heterocycles. The molecule has 9 heteroatoms. The number of hydrogen-bond acceptors (Lipinski definition) is 5. The summed E-state index contributed by atoms with van der Waals surface area (Å²) in [6, 6.07) is 17.7. The van der Waals surface area contributed by atoms with Gasteiger partial charge in [-0.25, -0.2) is 8.42 Å². The number of amides is 1. The Labute approximate surface area is 217 Å². The van der Waals surface area contributed by atoms with E-state index >= 15 is 0 Å². The number of aryl methyl sites for hydroxylation is 1. The highest BCUT2D eigenvalue weighted by atomic mass is 35.5. The molecule has 35 heavy (non-hydrogen) atoms. The lowest BCUT2D eigenvalue weighted by atomic mass is 10.2. The Balaban J connectivity index is 1.85. The number of nitrogens with zero attached hydrogens (tertiary/aromatic N) is 2. The Morgan fingerprint density at radius 2 is 1.74 bits per heavy atom. The van der Waals surface area contributed by atoms with E-state index in [9.17, 15) is 13.2 Å². The van der Waals surface area contributed by atoms with Gasteiger partial charge in [-0.15, -0.1) is 11.3 Å². The zero-order chi connectivity index (χ0) is 25.3. The molecule has 188 valence electrons. The van der Waals surface area contributed by atoms with Crippen LogP contribution in [-0.4, -0.2) is 49.8 Å². The number of benzene rings is 2. The van der Waals surface area contributed by atoms with Gasteiger partial charge in [0.15, 0.2) is 0 Å². The number of carbonyl (C=O) groups excluding carboxylic acids is 1. The van der Waals surface area contributed by atoms with Gasteiger partial charge in [-0.3, -0.25) is 4.79 Å². The van der Waals surface area contributed by atoms with Crippen molar-refractivity contribution in [3.05, 3.63) is 87.1 Å². The summed E-state index contributed by atoms with van der Waals surface area (Å²) in [6.07, 6.45) is 0.483. The van der Waals surface area contributed by atoms with Crippen molar-refractivity contribution in [3.63, 3.8) is 0 Å². The first-order valence-corrected chi connectivity index (χ1v) is 14.2. The van der Waals surface area contributed by atoms with E-state index in [-0.39, 0.29) is 23.9 Å². The number of rotatable bonds is 13. The maximum atomic E-state index is 13.6. The largest absolute Gasteiger partial charge is 0.382 e. The van der Waals surface area contributed by atoms with Crippen LogP contribution in [0.3, 0.4) is 0 Å². The minimum atomic E-state index is -3.90. The second kappa shape index (κ2) is 13.2. The molecule has 6 nitrogen and oxygen atoms in total. The van der Waals surface area contributed by atoms with Crippen LogP contribution in [0.2, 0.25) is 5.02 Å². The third-order valence-corrected chi connectivity index (χ3v) is 8.65. The van der Waals surface area contributed by atoms with E-state index in [0.29, 0.717) is 37.7 Å². The molecule has 3 rings (SSSR count). The van der Waals surface area contributed by atoms with E-state index in [1.807, 2.05) is 55.6 Å². The predicted molar refractivity (Wildman–Crippen MR) is 141 cm³/mol. The topological polar surface area (TPSA) is 66.9 Å². The highest BCUT2D eigenvalue weighted by molar-refractivity contribution is 7.89. The number of halogens is 1. The molecule has 0 saturated heterocycles. The molecule has 0 radical (unpaired) electrons. The lowest BCUT2D eigenvalue weighted by Crippen LogP contribution is -2.43. The molecule has 0 fully saturated rings. The van der Waals surface area contributed by atoms with Crippen LogP contribution in [-0.2, 0) is 32.6 Å². The zero-order valence-corrected chi connectivity index (χ0v) is 22.4. The average molecular weight is 535 g/mol. The maximum Gasteiger partial charge on any atom is 0.243 e. The smallest absolute Gasteiger partial charge is 0.243 e. The number of thiophene rings is 1. The van der Waals surface area contributed by atoms with E-state index in [4.69, 9.17) is 16.3 Å². The summed E-state index contributed by atoms with van der Waals surface area (Å²) in [7, 11) is -3.90. The van der Waals surface area contributed by atoms with Crippen molar-refractivity contribution >= 4 is 38.9 Å². The first-order valence-electron chi connectivity index (χ1n) is 11.5. The van der Waals surface area contributed by atoms with Crippen LogP contribution in [0.1, 0.15) is 29.3 Å².